The average Bonchev–Trinajstić information content (AvgIpc) is 2.53. The van der Waals surface area contributed by atoms with Crippen LogP contribution in [0.1, 0.15) is 11.1 Å². The van der Waals surface area contributed by atoms with Gasteiger partial charge in [-0.3, -0.25) is 0 Å². The van der Waals surface area contributed by atoms with E-state index in [1.54, 1.807) is 0 Å². The second-order valence-corrected chi connectivity index (χ2v) is 5.65. The van der Waals surface area contributed by atoms with Gasteiger partial charge in [-0.15, -0.1) is 0 Å². The monoisotopic (exact) mass is 275 g/mol. The second kappa shape index (κ2) is 6.01. The Morgan fingerprint density at radius 2 is 1.52 bits per heavy atom. The van der Waals surface area contributed by atoms with Crippen molar-refractivity contribution in [2.45, 2.75) is 13.3 Å². The Bertz CT molecular complexity index is 723. The molecule has 0 saturated heterocycles. The maximum absolute atomic E-state index is 2.32. The first-order chi connectivity index (χ1) is 10.2. The lowest BCUT2D eigenvalue weighted by Crippen LogP contribution is -2.20. The van der Waals surface area contributed by atoms with Gasteiger partial charge in [0.05, 0.1) is 0 Å². The lowest BCUT2D eigenvalue weighted by Gasteiger charge is -2.20. The molecular formula is C20H21N. The molecule has 0 atom stereocenters. The van der Waals surface area contributed by atoms with E-state index in [2.05, 4.69) is 85.6 Å². The summed E-state index contributed by atoms with van der Waals surface area (Å²) >= 11 is 0. The smallest absolute Gasteiger partial charge is 0.0363 e. The molecule has 0 bridgehead atoms. The highest BCUT2D eigenvalue weighted by Crippen LogP contribution is 2.20. The van der Waals surface area contributed by atoms with Crippen LogP contribution in [0, 0.1) is 6.92 Å². The molecule has 3 aromatic carbocycles. The van der Waals surface area contributed by atoms with Gasteiger partial charge >= 0.3 is 0 Å². The molecule has 0 radical (unpaired) electrons. The molecule has 0 heterocycles. The van der Waals surface area contributed by atoms with E-state index in [9.17, 15) is 0 Å². The first-order valence-corrected chi connectivity index (χ1v) is 7.48. The van der Waals surface area contributed by atoms with E-state index in [4.69, 9.17) is 0 Å². The minimum Gasteiger partial charge on any atom is -0.374 e. The first kappa shape index (κ1) is 13.7. The molecule has 0 N–H and O–H groups in total. The summed E-state index contributed by atoms with van der Waals surface area (Å²) in [5.74, 6) is 0. The molecule has 0 aliphatic carbocycles. The van der Waals surface area contributed by atoms with Crippen LogP contribution in [-0.4, -0.2) is 13.6 Å². The molecule has 106 valence electrons. The Labute approximate surface area is 126 Å². The number of nitrogens with zero attached hydrogens (tertiary/aromatic N) is 1. The maximum Gasteiger partial charge on any atom is 0.0363 e. The molecule has 0 aliphatic rings. The second-order valence-electron chi connectivity index (χ2n) is 5.65. The zero-order valence-electron chi connectivity index (χ0n) is 12.7. The SMILES string of the molecule is Cc1ccc(N(C)CCc2cccc3ccccc23)cc1. The van der Waals surface area contributed by atoms with Crippen molar-refractivity contribution in [3.8, 4) is 0 Å². The van der Waals surface area contributed by atoms with Crippen molar-refractivity contribution in [1.82, 2.24) is 0 Å². The van der Waals surface area contributed by atoms with Crippen molar-refractivity contribution < 1.29 is 0 Å². The highest BCUT2D eigenvalue weighted by Gasteiger charge is 2.04. The van der Waals surface area contributed by atoms with E-state index in [1.165, 1.54) is 27.6 Å². The summed E-state index contributed by atoms with van der Waals surface area (Å²) in [5, 5.41) is 2.70. The highest BCUT2D eigenvalue weighted by molar-refractivity contribution is 5.85. The topological polar surface area (TPSA) is 3.24 Å². The first-order valence-electron chi connectivity index (χ1n) is 7.48. The molecule has 3 aromatic rings. The number of hydrogen-bond acceptors (Lipinski definition) is 1. The van der Waals surface area contributed by atoms with E-state index in [1.807, 2.05) is 0 Å². The van der Waals surface area contributed by atoms with Gasteiger partial charge in [-0.05, 0) is 41.8 Å². The van der Waals surface area contributed by atoms with Gasteiger partial charge in [0, 0.05) is 19.3 Å². The van der Waals surface area contributed by atoms with Crippen molar-refractivity contribution in [2.24, 2.45) is 0 Å². The van der Waals surface area contributed by atoms with Crippen molar-refractivity contribution in [3.05, 3.63) is 77.9 Å². The lowest BCUT2D eigenvalue weighted by atomic mass is 10.0. The molecule has 0 saturated carbocycles. The molecule has 0 amide bonds. The Hall–Kier alpha value is -2.28. The van der Waals surface area contributed by atoms with Crippen LogP contribution < -0.4 is 4.90 Å². The van der Waals surface area contributed by atoms with Crippen LogP contribution in [0.3, 0.4) is 0 Å². The third-order valence-corrected chi connectivity index (χ3v) is 4.07. The summed E-state index contributed by atoms with van der Waals surface area (Å²) in [6.07, 6.45) is 1.06. The fraction of sp³-hybridized carbons (Fsp3) is 0.200. The zero-order chi connectivity index (χ0) is 14.7. The van der Waals surface area contributed by atoms with Crippen LogP contribution in [0.25, 0.3) is 10.8 Å². The molecule has 0 spiro atoms. The Balaban J connectivity index is 1.76. The number of aryl methyl sites for hydroxylation is 1. The third-order valence-electron chi connectivity index (χ3n) is 4.07. The highest BCUT2D eigenvalue weighted by atomic mass is 15.1. The van der Waals surface area contributed by atoms with E-state index in [-0.39, 0.29) is 0 Å². The van der Waals surface area contributed by atoms with Gasteiger partial charge in [0.1, 0.15) is 0 Å². The largest absolute Gasteiger partial charge is 0.374 e. The molecule has 0 aliphatic heterocycles. The number of anilines is 1. The zero-order valence-corrected chi connectivity index (χ0v) is 12.7. The fourth-order valence-electron chi connectivity index (χ4n) is 2.73. The standard InChI is InChI=1S/C20H21N/c1-16-10-12-19(13-11-16)21(2)15-14-18-8-5-7-17-6-3-4-9-20(17)18/h3-13H,14-15H2,1-2H3. The van der Waals surface area contributed by atoms with E-state index in [0.717, 1.165) is 13.0 Å². The lowest BCUT2D eigenvalue weighted by molar-refractivity contribution is 0.881. The van der Waals surface area contributed by atoms with Gasteiger partial charge in [-0.1, -0.05) is 60.2 Å². The molecule has 0 unspecified atom stereocenters. The van der Waals surface area contributed by atoms with Gasteiger partial charge in [0.2, 0.25) is 0 Å². The van der Waals surface area contributed by atoms with E-state index < -0.39 is 0 Å². The molecule has 3 rings (SSSR count). The maximum atomic E-state index is 2.32. The fourth-order valence-corrected chi connectivity index (χ4v) is 2.73. The third kappa shape index (κ3) is 3.08. The molecule has 1 nitrogen and oxygen atoms in total. The summed E-state index contributed by atoms with van der Waals surface area (Å²) in [6, 6.07) is 23.9. The summed E-state index contributed by atoms with van der Waals surface area (Å²) in [6.45, 7) is 3.15. The number of rotatable bonds is 4. The van der Waals surface area contributed by atoms with E-state index >= 15 is 0 Å². The number of likely N-dealkylation sites (N-methyl/N-ethyl adjacent to an activating group) is 1. The quantitative estimate of drug-likeness (QED) is 0.659. The van der Waals surface area contributed by atoms with Crippen LogP contribution in [0.15, 0.2) is 66.7 Å². The molecule has 21 heavy (non-hydrogen) atoms. The van der Waals surface area contributed by atoms with Gasteiger partial charge in [-0.2, -0.15) is 0 Å². The van der Waals surface area contributed by atoms with Crippen LogP contribution >= 0.6 is 0 Å². The molecule has 1 heteroatoms. The Morgan fingerprint density at radius 3 is 2.33 bits per heavy atom. The van der Waals surface area contributed by atoms with Crippen molar-refractivity contribution in [2.75, 3.05) is 18.5 Å². The van der Waals surface area contributed by atoms with Gasteiger partial charge < -0.3 is 4.90 Å². The molecular weight excluding hydrogens is 254 g/mol. The van der Waals surface area contributed by atoms with Crippen LogP contribution in [0.4, 0.5) is 5.69 Å². The molecule has 0 aromatic heterocycles. The normalized spacial score (nSPS) is 10.8. The molecule has 0 fully saturated rings. The number of fused-ring (bicyclic) bond motifs is 1. The summed E-state index contributed by atoms with van der Waals surface area (Å²) in [4.78, 5) is 2.32. The average molecular weight is 275 g/mol. The van der Waals surface area contributed by atoms with Gasteiger partial charge in [0.15, 0.2) is 0 Å². The van der Waals surface area contributed by atoms with Crippen molar-refractivity contribution in [3.63, 3.8) is 0 Å². The van der Waals surface area contributed by atoms with Crippen LogP contribution in [0.2, 0.25) is 0 Å². The summed E-state index contributed by atoms with van der Waals surface area (Å²) < 4.78 is 0. The Morgan fingerprint density at radius 1 is 0.810 bits per heavy atom. The van der Waals surface area contributed by atoms with E-state index in [0.29, 0.717) is 0 Å². The van der Waals surface area contributed by atoms with Gasteiger partial charge in [-0.25, -0.2) is 0 Å². The summed E-state index contributed by atoms with van der Waals surface area (Å²) in [7, 11) is 2.16. The van der Waals surface area contributed by atoms with Gasteiger partial charge in [0.25, 0.3) is 0 Å². The summed E-state index contributed by atoms with van der Waals surface area (Å²) in [5.41, 5.74) is 4.01. The van der Waals surface area contributed by atoms with Crippen molar-refractivity contribution >= 4 is 16.5 Å². The number of hydrogen-bond donors (Lipinski definition) is 0. The minimum absolute atomic E-state index is 1.02. The minimum atomic E-state index is 1.02. The predicted octanol–water partition coefficient (Wildman–Crippen LogP) is 4.83. The Kier molecular flexibility index (Phi) is 3.92. The van der Waals surface area contributed by atoms with Crippen molar-refractivity contribution in [1.29, 1.82) is 0 Å². The number of benzene rings is 3. The van der Waals surface area contributed by atoms with Crippen LogP contribution in [-0.2, 0) is 6.42 Å². The van der Waals surface area contributed by atoms with Crippen LogP contribution in [0.5, 0.6) is 0 Å². The predicted molar refractivity (Wildman–Crippen MR) is 92.1 cm³/mol.